The number of methoxy groups -OCH3 is 1. The molecule has 1 unspecified atom stereocenters. The van der Waals surface area contributed by atoms with Crippen molar-refractivity contribution in [2.75, 3.05) is 13.7 Å². The number of aromatic nitrogens is 1. The summed E-state index contributed by atoms with van der Waals surface area (Å²) < 4.78 is 13.5. The third kappa shape index (κ3) is 3.71. The van der Waals surface area contributed by atoms with Gasteiger partial charge in [-0.1, -0.05) is 12.1 Å². The lowest BCUT2D eigenvalue weighted by Gasteiger charge is -2.13. The van der Waals surface area contributed by atoms with Gasteiger partial charge < -0.3 is 14.0 Å². The first-order valence-corrected chi connectivity index (χ1v) is 10.1. The number of nitrogens with zero attached hydrogens (tertiary/aromatic N) is 2. The van der Waals surface area contributed by atoms with E-state index in [0.29, 0.717) is 0 Å². The van der Waals surface area contributed by atoms with Gasteiger partial charge in [-0.3, -0.25) is 0 Å². The van der Waals surface area contributed by atoms with Crippen LogP contribution in [0.5, 0.6) is 5.75 Å². The Morgan fingerprint density at radius 1 is 1.28 bits per heavy atom. The molecular formula is C19H20N2O2S2. The van der Waals surface area contributed by atoms with Gasteiger partial charge in [0.1, 0.15) is 5.75 Å². The standard InChI is InChI=1S/C19H20N2O2S2/c1-22-15-6-2-5-14(11-15)20-19-21(12-16-7-3-9-23-16)17(13-25-19)18-8-4-10-24-18/h2,4-6,8,10-11,13,16H,3,7,9,12H2,1H3. The highest BCUT2D eigenvalue weighted by Gasteiger charge is 2.19. The Morgan fingerprint density at radius 2 is 2.24 bits per heavy atom. The summed E-state index contributed by atoms with van der Waals surface area (Å²) in [5.41, 5.74) is 2.12. The van der Waals surface area contributed by atoms with Gasteiger partial charge in [0.15, 0.2) is 4.80 Å². The van der Waals surface area contributed by atoms with Crippen molar-refractivity contribution in [3.63, 3.8) is 0 Å². The first kappa shape index (κ1) is 16.6. The van der Waals surface area contributed by atoms with Crippen molar-refractivity contribution in [1.29, 1.82) is 0 Å². The fourth-order valence-corrected chi connectivity index (χ4v) is 4.75. The second-order valence-corrected chi connectivity index (χ2v) is 7.72. The normalized spacial score (nSPS) is 18.0. The molecule has 130 valence electrons. The highest BCUT2D eigenvalue weighted by atomic mass is 32.1. The molecule has 1 saturated heterocycles. The van der Waals surface area contributed by atoms with Gasteiger partial charge in [-0.15, -0.1) is 22.7 Å². The molecule has 0 spiro atoms. The highest BCUT2D eigenvalue weighted by Crippen LogP contribution is 2.27. The predicted molar refractivity (Wildman–Crippen MR) is 103 cm³/mol. The molecule has 1 aliphatic rings. The van der Waals surface area contributed by atoms with E-state index in [-0.39, 0.29) is 6.10 Å². The van der Waals surface area contributed by atoms with Crippen LogP contribution in [-0.4, -0.2) is 24.4 Å². The Balaban J connectivity index is 1.77. The molecule has 0 amide bonds. The van der Waals surface area contributed by atoms with E-state index in [9.17, 15) is 0 Å². The summed E-state index contributed by atoms with van der Waals surface area (Å²) in [6.07, 6.45) is 2.54. The minimum atomic E-state index is 0.276. The van der Waals surface area contributed by atoms with E-state index in [2.05, 4.69) is 27.5 Å². The number of benzene rings is 1. The monoisotopic (exact) mass is 372 g/mol. The van der Waals surface area contributed by atoms with Crippen LogP contribution in [0.25, 0.3) is 10.6 Å². The van der Waals surface area contributed by atoms with Gasteiger partial charge >= 0.3 is 0 Å². The molecular weight excluding hydrogens is 352 g/mol. The molecule has 0 radical (unpaired) electrons. The molecule has 4 rings (SSSR count). The van der Waals surface area contributed by atoms with E-state index in [1.807, 2.05) is 24.3 Å². The maximum absolute atomic E-state index is 5.87. The first-order valence-electron chi connectivity index (χ1n) is 8.36. The molecule has 1 fully saturated rings. The summed E-state index contributed by atoms with van der Waals surface area (Å²) in [6.45, 7) is 1.71. The number of hydrogen-bond donors (Lipinski definition) is 0. The Morgan fingerprint density at radius 3 is 3.00 bits per heavy atom. The van der Waals surface area contributed by atoms with Gasteiger partial charge in [0, 0.05) is 18.1 Å². The van der Waals surface area contributed by atoms with E-state index >= 15 is 0 Å². The third-order valence-corrected chi connectivity index (χ3v) is 6.02. The maximum Gasteiger partial charge on any atom is 0.190 e. The van der Waals surface area contributed by atoms with Crippen molar-refractivity contribution < 1.29 is 9.47 Å². The number of rotatable bonds is 5. The number of thiazole rings is 1. The topological polar surface area (TPSA) is 35.8 Å². The largest absolute Gasteiger partial charge is 0.497 e. The average molecular weight is 373 g/mol. The van der Waals surface area contributed by atoms with Crippen molar-refractivity contribution in [3.8, 4) is 16.3 Å². The molecule has 0 N–H and O–H groups in total. The quantitative estimate of drug-likeness (QED) is 0.651. The molecule has 4 nitrogen and oxygen atoms in total. The van der Waals surface area contributed by atoms with E-state index in [4.69, 9.17) is 14.5 Å². The van der Waals surface area contributed by atoms with Crippen molar-refractivity contribution in [2.24, 2.45) is 4.99 Å². The van der Waals surface area contributed by atoms with E-state index < -0.39 is 0 Å². The zero-order valence-corrected chi connectivity index (χ0v) is 15.7. The minimum absolute atomic E-state index is 0.276. The summed E-state index contributed by atoms with van der Waals surface area (Å²) in [6, 6.07) is 12.1. The maximum atomic E-state index is 5.87. The lowest BCUT2D eigenvalue weighted by atomic mass is 10.2. The third-order valence-electron chi connectivity index (χ3n) is 4.26. The van der Waals surface area contributed by atoms with Gasteiger partial charge in [-0.05, 0) is 36.4 Å². The predicted octanol–water partition coefficient (Wildman–Crippen LogP) is 4.70. The van der Waals surface area contributed by atoms with Crippen LogP contribution < -0.4 is 9.54 Å². The minimum Gasteiger partial charge on any atom is -0.497 e. The van der Waals surface area contributed by atoms with Gasteiger partial charge in [-0.2, -0.15) is 0 Å². The lowest BCUT2D eigenvalue weighted by Crippen LogP contribution is -2.23. The number of ether oxygens (including phenoxy) is 2. The molecule has 6 heteroatoms. The smallest absolute Gasteiger partial charge is 0.190 e. The molecule has 0 bridgehead atoms. The molecule has 0 saturated carbocycles. The average Bonchev–Trinajstić information content (AvgIpc) is 3.38. The SMILES string of the molecule is COc1cccc(N=c2scc(-c3cccs3)n2CC2CCCO2)c1. The molecule has 3 heterocycles. The van der Waals surface area contributed by atoms with Crippen molar-refractivity contribution in [3.05, 3.63) is 52.0 Å². The van der Waals surface area contributed by atoms with Crippen molar-refractivity contribution >= 4 is 28.4 Å². The van der Waals surface area contributed by atoms with Crippen LogP contribution in [0.2, 0.25) is 0 Å². The molecule has 0 aliphatic carbocycles. The van der Waals surface area contributed by atoms with E-state index in [1.165, 1.54) is 10.6 Å². The van der Waals surface area contributed by atoms with Crippen LogP contribution in [0, 0.1) is 0 Å². The Hall–Kier alpha value is -1.89. The Bertz CT molecular complexity index is 890. The van der Waals surface area contributed by atoms with Gasteiger partial charge in [0.2, 0.25) is 0 Å². The van der Waals surface area contributed by atoms with Crippen LogP contribution in [0.3, 0.4) is 0 Å². The Labute approximate surface area is 155 Å². The van der Waals surface area contributed by atoms with Crippen LogP contribution in [0.1, 0.15) is 12.8 Å². The van der Waals surface area contributed by atoms with Gasteiger partial charge in [0.25, 0.3) is 0 Å². The fraction of sp³-hybridized carbons (Fsp3) is 0.316. The van der Waals surface area contributed by atoms with Crippen LogP contribution >= 0.6 is 22.7 Å². The van der Waals surface area contributed by atoms with Crippen molar-refractivity contribution in [2.45, 2.75) is 25.5 Å². The van der Waals surface area contributed by atoms with Crippen LogP contribution in [0.15, 0.2) is 52.2 Å². The highest BCUT2D eigenvalue weighted by molar-refractivity contribution is 7.14. The fourth-order valence-electron chi connectivity index (χ4n) is 3.00. The van der Waals surface area contributed by atoms with Gasteiger partial charge in [-0.25, -0.2) is 4.99 Å². The molecule has 3 aromatic rings. The zero-order chi connectivity index (χ0) is 17.1. The van der Waals surface area contributed by atoms with Crippen molar-refractivity contribution in [1.82, 2.24) is 4.57 Å². The lowest BCUT2D eigenvalue weighted by molar-refractivity contribution is 0.0968. The second kappa shape index (κ2) is 7.56. The first-order chi connectivity index (χ1) is 12.3. The summed E-state index contributed by atoms with van der Waals surface area (Å²) in [5, 5.41) is 4.31. The van der Waals surface area contributed by atoms with E-state index in [0.717, 1.165) is 42.2 Å². The zero-order valence-electron chi connectivity index (χ0n) is 14.1. The summed E-state index contributed by atoms with van der Waals surface area (Å²) >= 11 is 3.43. The summed E-state index contributed by atoms with van der Waals surface area (Å²) in [5.74, 6) is 0.821. The summed E-state index contributed by atoms with van der Waals surface area (Å²) in [7, 11) is 1.68. The summed E-state index contributed by atoms with van der Waals surface area (Å²) in [4.78, 5) is 7.13. The molecule has 2 aromatic heterocycles. The number of thiophene rings is 1. The number of hydrogen-bond acceptors (Lipinski definition) is 5. The van der Waals surface area contributed by atoms with Crippen LogP contribution in [0.4, 0.5) is 5.69 Å². The van der Waals surface area contributed by atoms with Gasteiger partial charge in [0.05, 0.1) is 36.0 Å². The second-order valence-electron chi connectivity index (χ2n) is 5.94. The Kier molecular flexibility index (Phi) is 5.01. The molecule has 1 aliphatic heterocycles. The molecule has 1 atom stereocenters. The molecule has 1 aromatic carbocycles. The van der Waals surface area contributed by atoms with E-state index in [1.54, 1.807) is 29.8 Å². The van der Waals surface area contributed by atoms with Crippen LogP contribution in [-0.2, 0) is 11.3 Å². The molecule has 25 heavy (non-hydrogen) atoms.